The second kappa shape index (κ2) is 7.20. The van der Waals surface area contributed by atoms with Crippen LogP contribution in [0.3, 0.4) is 0 Å². The Morgan fingerprint density at radius 1 is 1.27 bits per heavy atom. The van der Waals surface area contributed by atoms with Crippen LogP contribution in [0.15, 0.2) is 0 Å². The van der Waals surface area contributed by atoms with Gasteiger partial charge in [-0.3, -0.25) is 0 Å². The maximum atomic E-state index is 9.85. The van der Waals surface area contributed by atoms with Gasteiger partial charge in [0.25, 0.3) is 0 Å². The van der Waals surface area contributed by atoms with Gasteiger partial charge in [-0.1, -0.05) is 13.8 Å². The summed E-state index contributed by atoms with van der Waals surface area (Å²) in [5.41, 5.74) is 0. The molecule has 1 atom stereocenters. The number of aliphatic hydroxyl groups excluding tert-OH is 1. The zero-order valence-corrected chi connectivity index (χ0v) is 10.2. The van der Waals surface area contributed by atoms with E-state index < -0.39 is 0 Å². The molecule has 0 amide bonds. The average molecular weight is 214 g/mol. The van der Waals surface area contributed by atoms with E-state index >= 15 is 0 Å². The van der Waals surface area contributed by atoms with Crippen LogP contribution in [0.1, 0.15) is 39.5 Å². The Labute approximate surface area is 93.9 Å². The van der Waals surface area contributed by atoms with Gasteiger partial charge in [0.05, 0.1) is 6.10 Å². The third-order valence-corrected chi connectivity index (χ3v) is 2.77. The molecule has 3 heteroatoms. The van der Waals surface area contributed by atoms with Gasteiger partial charge in [0.15, 0.2) is 0 Å². The van der Waals surface area contributed by atoms with Crippen LogP contribution in [0.4, 0.5) is 0 Å². The van der Waals surface area contributed by atoms with Crippen molar-refractivity contribution in [3.05, 3.63) is 0 Å². The lowest BCUT2D eigenvalue weighted by Gasteiger charge is -2.24. The van der Waals surface area contributed by atoms with Crippen LogP contribution >= 0.6 is 0 Å². The van der Waals surface area contributed by atoms with Crippen LogP contribution < -0.4 is 5.32 Å². The van der Waals surface area contributed by atoms with E-state index in [0.29, 0.717) is 6.04 Å². The molecule has 1 aliphatic carbocycles. The van der Waals surface area contributed by atoms with Crippen LogP contribution in [0.25, 0.3) is 0 Å². The molecular formula is C12H26N2O. The number of nitrogens with zero attached hydrogens (tertiary/aromatic N) is 1. The number of hydrogen-bond donors (Lipinski definition) is 2. The molecule has 0 aromatic rings. The largest absolute Gasteiger partial charge is 0.390 e. The molecule has 3 nitrogen and oxygen atoms in total. The lowest BCUT2D eigenvalue weighted by molar-refractivity contribution is 0.111. The van der Waals surface area contributed by atoms with Crippen molar-refractivity contribution in [1.82, 2.24) is 10.2 Å². The van der Waals surface area contributed by atoms with Gasteiger partial charge in [-0.15, -0.1) is 0 Å². The van der Waals surface area contributed by atoms with E-state index in [2.05, 4.69) is 24.1 Å². The van der Waals surface area contributed by atoms with Gasteiger partial charge in [-0.05, 0) is 38.8 Å². The smallest absolute Gasteiger partial charge is 0.0791 e. The maximum absolute atomic E-state index is 9.85. The molecule has 90 valence electrons. The predicted octanol–water partition coefficient (Wildman–Crippen LogP) is 1.22. The summed E-state index contributed by atoms with van der Waals surface area (Å²) in [5.74, 6) is 0. The molecule has 1 rings (SSSR count). The summed E-state index contributed by atoms with van der Waals surface area (Å²) < 4.78 is 0. The minimum absolute atomic E-state index is 0.205. The SMILES string of the molecule is CCCN(CCC)C[C@H](O)CNC1CC1. The molecule has 0 bridgehead atoms. The summed E-state index contributed by atoms with van der Waals surface area (Å²) in [6.07, 6.45) is 4.72. The maximum Gasteiger partial charge on any atom is 0.0791 e. The van der Waals surface area contributed by atoms with E-state index in [-0.39, 0.29) is 6.10 Å². The molecule has 1 fully saturated rings. The Balaban J connectivity index is 2.09. The molecule has 1 saturated carbocycles. The van der Waals surface area contributed by atoms with Gasteiger partial charge >= 0.3 is 0 Å². The molecule has 0 aliphatic heterocycles. The van der Waals surface area contributed by atoms with E-state index in [4.69, 9.17) is 0 Å². The lowest BCUT2D eigenvalue weighted by Crippen LogP contribution is -2.39. The number of aliphatic hydroxyl groups is 1. The molecule has 0 heterocycles. The van der Waals surface area contributed by atoms with Gasteiger partial charge in [-0.25, -0.2) is 0 Å². The molecule has 15 heavy (non-hydrogen) atoms. The Hall–Kier alpha value is -0.120. The van der Waals surface area contributed by atoms with E-state index in [1.165, 1.54) is 25.7 Å². The highest BCUT2D eigenvalue weighted by molar-refractivity contribution is 4.82. The third-order valence-electron chi connectivity index (χ3n) is 2.77. The number of rotatable bonds is 9. The third kappa shape index (κ3) is 6.13. The van der Waals surface area contributed by atoms with Crippen LogP contribution in [-0.2, 0) is 0 Å². The van der Waals surface area contributed by atoms with E-state index in [9.17, 15) is 5.11 Å². The minimum Gasteiger partial charge on any atom is -0.390 e. The predicted molar refractivity (Wildman–Crippen MR) is 64.1 cm³/mol. The summed E-state index contributed by atoms with van der Waals surface area (Å²) in [6, 6.07) is 0.699. The van der Waals surface area contributed by atoms with Crippen molar-refractivity contribution in [1.29, 1.82) is 0 Å². The van der Waals surface area contributed by atoms with E-state index in [1.807, 2.05) is 0 Å². The van der Waals surface area contributed by atoms with Crippen molar-refractivity contribution >= 4 is 0 Å². The second-order valence-electron chi connectivity index (χ2n) is 4.64. The Morgan fingerprint density at radius 3 is 2.33 bits per heavy atom. The van der Waals surface area contributed by atoms with E-state index in [1.54, 1.807) is 0 Å². The van der Waals surface area contributed by atoms with Crippen LogP contribution in [0, 0.1) is 0 Å². The lowest BCUT2D eigenvalue weighted by atomic mass is 10.2. The number of nitrogens with one attached hydrogen (secondary N) is 1. The van der Waals surface area contributed by atoms with Crippen LogP contribution in [0.2, 0.25) is 0 Å². The van der Waals surface area contributed by atoms with Crippen LogP contribution in [0.5, 0.6) is 0 Å². The standard InChI is InChI=1S/C12H26N2O/c1-3-7-14(8-4-2)10-12(15)9-13-11-5-6-11/h11-13,15H,3-10H2,1-2H3/t12-/m1/s1. The average Bonchev–Trinajstić information content (AvgIpc) is 2.99. The highest BCUT2D eigenvalue weighted by Gasteiger charge is 2.21. The fourth-order valence-electron chi connectivity index (χ4n) is 1.88. The first-order chi connectivity index (χ1) is 7.26. The highest BCUT2D eigenvalue weighted by Crippen LogP contribution is 2.18. The first-order valence-corrected chi connectivity index (χ1v) is 6.40. The van der Waals surface area contributed by atoms with Gasteiger partial charge in [0.2, 0.25) is 0 Å². The fourth-order valence-corrected chi connectivity index (χ4v) is 1.88. The summed E-state index contributed by atoms with van der Waals surface area (Å²) in [7, 11) is 0. The molecule has 0 spiro atoms. The van der Waals surface area contributed by atoms with Crippen molar-refractivity contribution in [2.75, 3.05) is 26.2 Å². The quantitative estimate of drug-likeness (QED) is 0.606. The molecule has 0 unspecified atom stereocenters. The first kappa shape index (κ1) is 12.9. The van der Waals surface area contributed by atoms with Crippen molar-refractivity contribution in [3.63, 3.8) is 0 Å². The molecule has 0 radical (unpaired) electrons. The van der Waals surface area contributed by atoms with Gasteiger partial charge in [-0.2, -0.15) is 0 Å². The molecule has 1 aliphatic rings. The fraction of sp³-hybridized carbons (Fsp3) is 1.00. The Kier molecular flexibility index (Phi) is 6.22. The van der Waals surface area contributed by atoms with Crippen molar-refractivity contribution in [2.45, 2.75) is 51.7 Å². The van der Waals surface area contributed by atoms with Gasteiger partial charge < -0.3 is 15.3 Å². The first-order valence-electron chi connectivity index (χ1n) is 6.40. The second-order valence-corrected chi connectivity index (χ2v) is 4.64. The highest BCUT2D eigenvalue weighted by atomic mass is 16.3. The van der Waals surface area contributed by atoms with Crippen molar-refractivity contribution < 1.29 is 5.11 Å². The zero-order chi connectivity index (χ0) is 11.1. The zero-order valence-electron chi connectivity index (χ0n) is 10.2. The van der Waals surface area contributed by atoms with Crippen molar-refractivity contribution in [2.24, 2.45) is 0 Å². The Bertz CT molecular complexity index is 154. The summed E-state index contributed by atoms with van der Waals surface area (Å²) >= 11 is 0. The normalized spacial score (nSPS) is 18.4. The monoisotopic (exact) mass is 214 g/mol. The Morgan fingerprint density at radius 2 is 1.87 bits per heavy atom. The molecule has 0 aromatic heterocycles. The number of hydrogen-bond acceptors (Lipinski definition) is 3. The summed E-state index contributed by atoms with van der Waals surface area (Å²) in [4.78, 5) is 2.36. The van der Waals surface area contributed by atoms with Crippen molar-refractivity contribution in [3.8, 4) is 0 Å². The molecule has 2 N–H and O–H groups in total. The summed E-state index contributed by atoms with van der Waals surface area (Å²) in [6.45, 7) is 8.17. The van der Waals surface area contributed by atoms with Gasteiger partial charge in [0.1, 0.15) is 0 Å². The molecular weight excluding hydrogens is 188 g/mol. The van der Waals surface area contributed by atoms with Crippen LogP contribution in [-0.4, -0.2) is 48.3 Å². The summed E-state index contributed by atoms with van der Waals surface area (Å²) in [5, 5.41) is 13.2. The van der Waals surface area contributed by atoms with Gasteiger partial charge in [0, 0.05) is 19.1 Å². The minimum atomic E-state index is -0.205. The topological polar surface area (TPSA) is 35.5 Å². The molecule has 0 saturated heterocycles. The molecule has 0 aromatic carbocycles. The van der Waals surface area contributed by atoms with E-state index in [0.717, 1.165) is 26.2 Å².